The first-order chi connectivity index (χ1) is 12.6. The largest absolute Gasteiger partial charge is 0.492 e. The summed E-state index contributed by atoms with van der Waals surface area (Å²) in [5, 5.41) is 3.84. The van der Waals surface area contributed by atoms with Crippen molar-refractivity contribution in [1.29, 1.82) is 0 Å². The minimum atomic E-state index is -0.270. The third-order valence-electron chi connectivity index (χ3n) is 3.88. The van der Waals surface area contributed by atoms with Gasteiger partial charge in [-0.1, -0.05) is 18.2 Å². The molecule has 0 spiro atoms. The van der Waals surface area contributed by atoms with Gasteiger partial charge < -0.3 is 25.1 Å². The molecule has 0 saturated heterocycles. The first-order valence-electron chi connectivity index (χ1n) is 8.48. The predicted octanol–water partition coefficient (Wildman–Crippen LogP) is 3.08. The molecule has 0 aliphatic carbocycles. The average Bonchev–Trinajstić information content (AvgIpc) is 2.99. The zero-order chi connectivity index (χ0) is 18.5. The van der Waals surface area contributed by atoms with Crippen molar-refractivity contribution in [1.82, 2.24) is 4.90 Å². The van der Waals surface area contributed by atoms with E-state index in [1.165, 1.54) is 0 Å². The quantitative estimate of drug-likeness (QED) is 0.682. The van der Waals surface area contributed by atoms with Crippen LogP contribution in [0.5, 0.6) is 5.75 Å². The van der Waals surface area contributed by atoms with Crippen molar-refractivity contribution in [3.8, 4) is 5.75 Å². The van der Waals surface area contributed by atoms with Gasteiger partial charge in [0, 0.05) is 29.7 Å². The summed E-state index contributed by atoms with van der Waals surface area (Å²) in [4.78, 5) is 14.8. The Kier molecular flexibility index (Phi) is 5.55. The zero-order valence-electron chi connectivity index (χ0n) is 15.0. The van der Waals surface area contributed by atoms with Gasteiger partial charge in [0.25, 0.3) is 5.91 Å². The molecule has 136 valence electrons. The van der Waals surface area contributed by atoms with Crippen LogP contribution < -0.4 is 15.8 Å². The van der Waals surface area contributed by atoms with E-state index >= 15 is 0 Å². The van der Waals surface area contributed by atoms with Crippen LogP contribution in [0, 0.1) is 0 Å². The lowest BCUT2D eigenvalue weighted by atomic mass is 10.1. The van der Waals surface area contributed by atoms with Crippen LogP contribution in [0.3, 0.4) is 0 Å². The molecule has 0 radical (unpaired) electrons. The number of amides is 1. The molecule has 0 aliphatic heterocycles. The highest BCUT2D eigenvalue weighted by atomic mass is 16.5. The highest BCUT2D eigenvalue weighted by molar-refractivity contribution is 6.06. The lowest BCUT2D eigenvalue weighted by Gasteiger charge is -2.11. The topological polar surface area (TPSA) is 80.7 Å². The molecule has 0 bridgehead atoms. The summed E-state index contributed by atoms with van der Waals surface area (Å²) in [6.07, 6.45) is 0. The Morgan fingerprint density at radius 1 is 1.15 bits per heavy atom. The van der Waals surface area contributed by atoms with E-state index in [4.69, 9.17) is 14.9 Å². The Labute approximate surface area is 152 Å². The Hall–Kier alpha value is -2.83. The third-order valence-corrected chi connectivity index (χ3v) is 3.88. The molecule has 26 heavy (non-hydrogen) atoms. The smallest absolute Gasteiger partial charge is 0.291 e. The SMILES string of the molecule is CN(C)Cc1c(C(=O)Nc2ccc(OCCN)cc2)oc2ccccc12. The normalized spacial score (nSPS) is 11.1. The highest BCUT2D eigenvalue weighted by Crippen LogP contribution is 2.27. The molecule has 6 heteroatoms. The number of hydrogen-bond donors (Lipinski definition) is 2. The molecule has 0 unspecified atom stereocenters. The number of nitrogens with one attached hydrogen (secondary N) is 1. The van der Waals surface area contributed by atoms with Crippen molar-refractivity contribution < 1.29 is 13.9 Å². The van der Waals surface area contributed by atoms with Gasteiger partial charge in [0.15, 0.2) is 5.76 Å². The number of benzene rings is 2. The molecular weight excluding hydrogens is 330 g/mol. The molecule has 0 atom stereocenters. The summed E-state index contributed by atoms with van der Waals surface area (Å²) in [7, 11) is 3.92. The van der Waals surface area contributed by atoms with E-state index in [-0.39, 0.29) is 5.91 Å². The van der Waals surface area contributed by atoms with Crippen LogP contribution in [0.2, 0.25) is 0 Å². The number of para-hydroxylation sites is 1. The molecule has 3 aromatic rings. The Balaban J connectivity index is 1.83. The van der Waals surface area contributed by atoms with Crippen LogP contribution in [0.1, 0.15) is 16.1 Å². The third kappa shape index (κ3) is 4.04. The number of fused-ring (bicyclic) bond motifs is 1. The van der Waals surface area contributed by atoms with E-state index in [1.807, 2.05) is 43.3 Å². The molecule has 3 N–H and O–H groups in total. The van der Waals surface area contributed by atoms with Crippen LogP contribution >= 0.6 is 0 Å². The fraction of sp³-hybridized carbons (Fsp3) is 0.250. The lowest BCUT2D eigenvalue weighted by Crippen LogP contribution is -2.17. The van der Waals surface area contributed by atoms with Gasteiger partial charge in [-0.05, 0) is 44.4 Å². The van der Waals surface area contributed by atoms with Crippen molar-refractivity contribution in [3.05, 3.63) is 59.9 Å². The summed E-state index contributed by atoms with van der Waals surface area (Å²) < 4.78 is 11.3. The fourth-order valence-corrected chi connectivity index (χ4v) is 2.75. The maximum Gasteiger partial charge on any atom is 0.291 e. The molecule has 0 fully saturated rings. The minimum Gasteiger partial charge on any atom is -0.492 e. The van der Waals surface area contributed by atoms with Crippen LogP contribution in [-0.4, -0.2) is 38.1 Å². The number of nitrogens with two attached hydrogens (primary N) is 1. The summed E-state index contributed by atoms with van der Waals surface area (Å²) in [6, 6.07) is 14.9. The second-order valence-electron chi connectivity index (χ2n) is 6.26. The van der Waals surface area contributed by atoms with E-state index < -0.39 is 0 Å². The van der Waals surface area contributed by atoms with Crippen molar-refractivity contribution in [2.24, 2.45) is 5.73 Å². The number of carbonyl (C=O) groups is 1. The van der Waals surface area contributed by atoms with Crippen molar-refractivity contribution >= 4 is 22.6 Å². The highest BCUT2D eigenvalue weighted by Gasteiger charge is 2.21. The van der Waals surface area contributed by atoms with Gasteiger partial charge in [0.2, 0.25) is 0 Å². The van der Waals surface area contributed by atoms with Gasteiger partial charge in [0.1, 0.15) is 17.9 Å². The first-order valence-corrected chi connectivity index (χ1v) is 8.48. The molecule has 2 aromatic carbocycles. The van der Waals surface area contributed by atoms with Gasteiger partial charge in [-0.3, -0.25) is 4.79 Å². The lowest BCUT2D eigenvalue weighted by molar-refractivity contribution is 0.0996. The molecule has 1 aromatic heterocycles. The van der Waals surface area contributed by atoms with Crippen molar-refractivity contribution in [3.63, 3.8) is 0 Å². The molecule has 6 nitrogen and oxygen atoms in total. The van der Waals surface area contributed by atoms with E-state index in [1.54, 1.807) is 24.3 Å². The van der Waals surface area contributed by atoms with Gasteiger partial charge in [0.05, 0.1) is 0 Å². The Bertz CT molecular complexity index is 885. The van der Waals surface area contributed by atoms with E-state index in [2.05, 4.69) is 5.32 Å². The van der Waals surface area contributed by atoms with E-state index in [9.17, 15) is 4.79 Å². The molecule has 0 saturated carbocycles. The van der Waals surface area contributed by atoms with Gasteiger partial charge in [-0.2, -0.15) is 0 Å². The standard InChI is InChI=1S/C20H23N3O3/c1-23(2)13-17-16-5-3-4-6-18(16)26-19(17)20(24)22-14-7-9-15(10-8-14)25-12-11-21/h3-10H,11-13,21H2,1-2H3,(H,22,24). The summed E-state index contributed by atoms with van der Waals surface area (Å²) in [5.41, 5.74) is 7.68. The molecule has 0 aliphatic rings. The number of rotatable bonds is 7. The maximum atomic E-state index is 12.8. The van der Waals surface area contributed by atoms with Gasteiger partial charge in [-0.15, -0.1) is 0 Å². The average molecular weight is 353 g/mol. The summed E-state index contributed by atoms with van der Waals surface area (Å²) >= 11 is 0. The van der Waals surface area contributed by atoms with Crippen LogP contribution in [0.4, 0.5) is 5.69 Å². The Morgan fingerprint density at radius 3 is 2.58 bits per heavy atom. The van der Waals surface area contributed by atoms with Crippen LogP contribution in [0.15, 0.2) is 52.9 Å². The fourth-order valence-electron chi connectivity index (χ4n) is 2.75. The zero-order valence-corrected chi connectivity index (χ0v) is 15.0. The second-order valence-corrected chi connectivity index (χ2v) is 6.26. The predicted molar refractivity (Wildman–Crippen MR) is 103 cm³/mol. The van der Waals surface area contributed by atoms with Gasteiger partial charge in [-0.25, -0.2) is 0 Å². The first kappa shape index (κ1) is 18.0. The number of hydrogen-bond acceptors (Lipinski definition) is 5. The summed E-state index contributed by atoms with van der Waals surface area (Å²) in [5.74, 6) is 0.780. The molecular formula is C20H23N3O3. The number of ether oxygens (including phenoxy) is 1. The van der Waals surface area contributed by atoms with Gasteiger partial charge >= 0.3 is 0 Å². The number of anilines is 1. The van der Waals surface area contributed by atoms with E-state index in [0.717, 1.165) is 10.9 Å². The van der Waals surface area contributed by atoms with Crippen molar-refractivity contribution in [2.45, 2.75) is 6.54 Å². The number of furan rings is 1. The van der Waals surface area contributed by atoms with Crippen LogP contribution in [0.25, 0.3) is 11.0 Å². The maximum absolute atomic E-state index is 12.8. The minimum absolute atomic E-state index is 0.270. The second kappa shape index (κ2) is 8.03. The van der Waals surface area contributed by atoms with Crippen LogP contribution in [-0.2, 0) is 6.54 Å². The monoisotopic (exact) mass is 353 g/mol. The van der Waals surface area contributed by atoms with Crippen molar-refractivity contribution in [2.75, 3.05) is 32.6 Å². The number of carbonyl (C=O) groups excluding carboxylic acids is 1. The van der Waals surface area contributed by atoms with E-state index in [0.29, 0.717) is 42.5 Å². The summed E-state index contributed by atoms with van der Waals surface area (Å²) in [6.45, 7) is 1.53. The molecule has 1 amide bonds. The number of nitrogens with zero attached hydrogens (tertiary/aromatic N) is 1. The Morgan fingerprint density at radius 2 is 1.88 bits per heavy atom. The molecule has 3 rings (SSSR count). The molecule has 1 heterocycles.